The van der Waals surface area contributed by atoms with Crippen molar-refractivity contribution in [2.75, 3.05) is 4.90 Å². The number of phenolic OH excluding ortho intramolecular Hbond substituents is 1. The molecule has 0 aliphatic heterocycles. The molecule has 98 valence electrons. The zero-order valence-electron chi connectivity index (χ0n) is 9.48. The smallest absolute Gasteiger partial charge is 0.218 e. The molecule has 1 amide bonds. The highest BCUT2D eigenvalue weighted by Gasteiger charge is 2.17. The van der Waals surface area contributed by atoms with Gasteiger partial charge in [-0.15, -0.1) is 0 Å². The number of carbonyl (C=O) groups excluding carboxylic acids is 1. The highest BCUT2D eigenvalue weighted by Crippen LogP contribution is 2.34. The van der Waals surface area contributed by atoms with E-state index in [0.717, 1.165) is 20.6 Å². The summed E-state index contributed by atoms with van der Waals surface area (Å²) in [5, 5.41) is 9.74. The molecule has 0 aliphatic rings. The Morgan fingerprint density at radius 1 is 1.11 bits per heavy atom. The highest BCUT2D eigenvalue weighted by molar-refractivity contribution is 14.1. The topological polar surface area (TPSA) is 40.5 Å². The van der Waals surface area contributed by atoms with Crippen molar-refractivity contribution in [3.8, 4) is 5.75 Å². The zero-order chi connectivity index (χ0) is 14.0. The monoisotopic (exact) mass is 375 g/mol. The maximum absolute atomic E-state index is 13.7. The van der Waals surface area contributed by atoms with Crippen molar-refractivity contribution < 1.29 is 18.7 Å². The van der Waals surface area contributed by atoms with Crippen LogP contribution >= 0.6 is 22.6 Å². The fourth-order valence-electron chi connectivity index (χ4n) is 1.61. The van der Waals surface area contributed by atoms with E-state index in [0.29, 0.717) is 12.5 Å². The first-order chi connectivity index (χ1) is 9.02. The molecular weight excluding hydrogens is 367 g/mol. The van der Waals surface area contributed by atoms with E-state index in [9.17, 15) is 18.7 Å². The summed E-state index contributed by atoms with van der Waals surface area (Å²) in [6, 6.07) is 7.42. The predicted octanol–water partition coefficient (Wildman–Crippen LogP) is 3.57. The summed E-state index contributed by atoms with van der Waals surface area (Å²) < 4.78 is 27.3. The van der Waals surface area contributed by atoms with Crippen LogP contribution < -0.4 is 4.90 Å². The third kappa shape index (κ3) is 2.83. The van der Waals surface area contributed by atoms with Crippen LogP contribution in [0.1, 0.15) is 0 Å². The quantitative estimate of drug-likeness (QED) is 0.659. The van der Waals surface area contributed by atoms with Crippen LogP contribution in [0.15, 0.2) is 36.4 Å². The van der Waals surface area contributed by atoms with Crippen LogP contribution in [0.2, 0.25) is 0 Å². The van der Waals surface area contributed by atoms with E-state index in [1.54, 1.807) is 6.07 Å². The largest absolute Gasteiger partial charge is 0.506 e. The molecule has 0 fully saturated rings. The predicted molar refractivity (Wildman–Crippen MR) is 75.4 cm³/mol. The lowest BCUT2D eigenvalue weighted by Gasteiger charge is -2.19. The van der Waals surface area contributed by atoms with Gasteiger partial charge >= 0.3 is 0 Å². The number of aromatic hydroxyl groups is 1. The number of halogens is 3. The van der Waals surface area contributed by atoms with Crippen molar-refractivity contribution in [3.05, 3.63) is 51.6 Å². The summed E-state index contributed by atoms with van der Waals surface area (Å²) >= 11 is 2.00. The van der Waals surface area contributed by atoms with Gasteiger partial charge in [0.05, 0.1) is 11.4 Å². The van der Waals surface area contributed by atoms with E-state index in [1.165, 1.54) is 12.1 Å². The third-order valence-electron chi connectivity index (χ3n) is 2.47. The lowest BCUT2D eigenvalue weighted by Crippen LogP contribution is -2.16. The summed E-state index contributed by atoms with van der Waals surface area (Å²) in [4.78, 5) is 12.1. The molecule has 0 atom stereocenters. The van der Waals surface area contributed by atoms with Crippen molar-refractivity contribution in [1.82, 2.24) is 0 Å². The lowest BCUT2D eigenvalue weighted by atomic mass is 10.2. The minimum absolute atomic E-state index is 0.131. The average molecular weight is 375 g/mol. The Morgan fingerprint density at radius 2 is 1.84 bits per heavy atom. The van der Waals surface area contributed by atoms with E-state index in [-0.39, 0.29) is 17.1 Å². The molecule has 3 nitrogen and oxygen atoms in total. The molecule has 0 aliphatic carbocycles. The second kappa shape index (κ2) is 5.52. The number of hydrogen-bond donors (Lipinski definition) is 1. The second-order valence-corrected chi connectivity index (χ2v) is 4.95. The summed E-state index contributed by atoms with van der Waals surface area (Å²) in [5.74, 6) is -1.79. The maximum Gasteiger partial charge on any atom is 0.218 e. The molecule has 0 radical (unpaired) electrons. The molecule has 2 rings (SSSR count). The van der Waals surface area contributed by atoms with Gasteiger partial charge in [0, 0.05) is 9.64 Å². The fraction of sp³-hybridized carbons (Fsp3) is 0. The van der Waals surface area contributed by atoms with Gasteiger partial charge in [0.1, 0.15) is 17.4 Å². The van der Waals surface area contributed by atoms with Crippen molar-refractivity contribution in [3.63, 3.8) is 0 Å². The van der Waals surface area contributed by atoms with E-state index in [1.807, 2.05) is 22.6 Å². The number of rotatable bonds is 3. The Morgan fingerprint density at radius 3 is 2.47 bits per heavy atom. The molecule has 0 bridgehead atoms. The second-order valence-electron chi connectivity index (χ2n) is 3.70. The van der Waals surface area contributed by atoms with Gasteiger partial charge in [0.2, 0.25) is 6.41 Å². The Balaban J connectivity index is 2.56. The number of carbonyl (C=O) groups is 1. The molecule has 0 unspecified atom stereocenters. The molecule has 0 spiro atoms. The molecule has 0 aromatic heterocycles. The van der Waals surface area contributed by atoms with E-state index in [2.05, 4.69) is 0 Å². The first-order valence-electron chi connectivity index (χ1n) is 5.21. The van der Waals surface area contributed by atoms with E-state index in [4.69, 9.17) is 0 Å². The Kier molecular flexibility index (Phi) is 3.98. The molecule has 1 N–H and O–H groups in total. The first-order valence-corrected chi connectivity index (χ1v) is 6.29. The molecule has 6 heteroatoms. The summed E-state index contributed by atoms with van der Waals surface area (Å²) in [7, 11) is 0. The molecule has 2 aromatic rings. The number of nitrogens with zero attached hydrogens (tertiary/aromatic N) is 1. The lowest BCUT2D eigenvalue weighted by molar-refractivity contribution is -0.106. The molecule has 0 saturated heterocycles. The minimum atomic E-state index is -0.884. The van der Waals surface area contributed by atoms with Gasteiger partial charge in [-0.2, -0.15) is 0 Å². The number of hydrogen-bond acceptors (Lipinski definition) is 2. The number of amides is 1. The van der Waals surface area contributed by atoms with Crippen molar-refractivity contribution >= 4 is 40.4 Å². The van der Waals surface area contributed by atoms with Crippen LogP contribution in [-0.2, 0) is 4.79 Å². The van der Waals surface area contributed by atoms with Crippen molar-refractivity contribution in [2.45, 2.75) is 0 Å². The summed E-state index contributed by atoms with van der Waals surface area (Å²) in [5.41, 5.74) is 0.00103. The molecule has 19 heavy (non-hydrogen) atoms. The fourth-order valence-corrected chi connectivity index (χ4v) is 2.08. The van der Waals surface area contributed by atoms with Gasteiger partial charge < -0.3 is 5.11 Å². The normalized spacial score (nSPS) is 10.3. The van der Waals surface area contributed by atoms with Gasteiger partial charge in [-0.3, -0.25) is 9.69 Å². The molecule has 2 aromatic carbocycles. The summed E-state index contributed by atoms with van der Waals surface area (Å²) in [6.07, 6.45) is 0.363. The molecule has 0 heterocycles. The Hall–Kier alpha value is -1.70. The Bertz CT molecular complexity index is 634. The van der Waals surface area contributed by atoms with Crippen LogP contribution in [0.3, 0.4) is 0 Å². The number of phenols is 1. The van der Waals surface area contributed by atoms with Crippen molar-refractivity contribution in [2.24, 2.45) is 0 Å². The maximum atomic E-state index is 13.7. The van der Waals surface area contributed by atoms with Gasteiger partial charge in [0.15, 0.2) is 0 Å². The van der Waals surface area contributed by atoms with Gasteiger partial charge in [0.25, 0.3) is 0 Å². The van der Waals surface area contributed by atoms with Crippen LogP contribution in [0, 0.1) is 15.2 Å². The van der Waals surface area contributed by atoms with Gasteiger partial charge in [-0.1, -0.05) is 0 Å². The van der Waals surface area contributed by atoms with Crippen LogP contribution in [0.25, 0.3) is 0 Å². The van der Waals surface area contributed by atoms with Crippen LogP contribution in [0.5, 0.6) is 5.75 Å². The van der Waals surface area contributed by atoms with Crippen LogP contribution in [0.4, 0.5) is 20.2 Å². The summed E-state index contributed by atoms with van der Waals surface area (Å²) in [6.45, 7) is 0. The SMILES string of the molecule is O=CN(c1cc(I)ccc1O)c1ccc(F)cc1F. The molecular formula is C13H8F2INO2. The van der Waals surface area contributed by atoms with E-state index >= 15 is 0 Å². The number of anilines is 2. The average Bonchev–Trinajstić information content (AvgIpc) is 2.36. The van der Waals surface area contributed by atoms with Crippen LogP contribution in [-0.4, -0.2) is 11.5 Å². The standard InChI is InChI=1S/C13H8F2INO2/c14-8-1-3-11(10(15)5-8)17(7-18)12-6-9(16)2-4-13(12)19/h1-7,19H. The third-order valence-corrected chi connectivity index (χ3v) is 3.14. The van der Waals surface area contributed by atoms with Crippen molar-refractivity contribution in [1.29, 1.82) is 0 Å². The van der Waals surface area contributed by atoms with Gasteiger partial charge in [-0.25, -0.2) is 8.78 Å². The molecule has 0 saturated carbocycles. The van der Waals surface area contributed by atoms with Gasteiger partial charge in [-0.05, 0) is 52.9 Å². The first kappa shape index (κ1) is 13.7. The highest BCUT2D eigenvalue weighted by atomic mass is 127. The zero-order valence-corrected chi connectivity index (χ0v) is 11.6. The minimum Gasteiger partial charge on any atom is -0.506 e. The Labute approximate surface area is 121 Å². The van der Waals surface area contributed by atoms with E-state index < -0.39 is 11.6 Å². The number of benzene rings is 2.